The molecule has 0 saturated carbocycles. The topological polar surface area (TPSA) is 50.3 Å². The fraction of sp³-hybridized carbons (Fsp3) is 0.263. The zero-order chi connectivity index (χ0) is 17.4. The molecule has 2 aromatic carbocycles. The molecule has 25 heavy (non-hydrogen) atoms. The summed E-state index contributed by atoms with van der Waals surface area (Å²) in [6.07, 6.45) is 0.871. The zero-order valence-corrected chi connectivity index (χ0v) is 15.0. The van der Waals surface area contributed by atoms with Crippen molar-refractivity contribution in [3.63, 3.8) is 0 Å². The van der Waals surface area contributed by atoms with Crippen LogP contribution in [0.2, 0.25) is 5.02 Å². The van der Waals surface area contributed by atoms with Crippen molar-refractivity contribution in [1.82, 2.24) is 9.97 Å². The highest BCUT2D eigenvalue weighted by Gasteiger charge is 2.24. The molecule has 1 aliphatic rings. The van der Waals surface area contributed by atoms with Gasteiger partial charge in [-0.3, -0.25) is 0 Å². The highest BCUT2D eigenvalue weighted by molar-refractivity contribution is 6.36. The summed E-state index contributed by atoms with van der Waals surface area (Å²) in [6.45, 7) is 1.59. The standard InChI is InChI=1S/C19H19ClN4O/c1-21-18-13-9-10-24(11-15(13)22-19(23-18)25-2)16-8-4-6-12-5-3-7-14(20)17(12)16/h3-8H,9-11H2,1-2H3,(H,21,22,23). The molecule has 2 heterocycles. The lowest BCUT2D eigenvalue weighted by Gasteiger charge is -2.31. The molecule has 0 radical (unpaired) electrons. The average Bonchev–Trinajstić information content (AvgIpc) is 2.66. The normalized spacial score (nSPS) is 13.6. The van der Waals surface area contributed by atoms with Crippen molar-refractivity contribution >= 4 is 33.9 Å². The van der Waals surface area contributed by atoms with Gasteiger partial charge in [-0.1, -0.05) is 35.9 Å². The summed E-state index contributed by atoms with van der Waals surface area (Å²) < 4.78 is 5.25. The smallest absolute Gasteiger partial charge is 0.318 e. The molecule has 1 N–H and O–H groups in total. The van der Waals surface area contributed by atoms with Crippen LogP contribution >= 0.6 is 11.6 Å². The molecule has 0 spiro atoms. The minimum absolute atomic E-state index is 0.390. The molecule has 4 rings (SSSR count). The Bertz CT molecular complexity index is 939. The molecule has 6 heteroatoms. The third-order valence-electron chi connectivity index (χ3n) is 4.64. The van der Waals surface area contributed by atoms with Crippen LogP contribution in [0.3, 0.4) is 0 Å². The SMILES string of the molecule is CNc1nc(OC)nc2c1CCN(c1cccc3cccc(Cl)c13)C2. The summed E-state index contributed by atoms with van der Waals surface area (Å²) in [5, 5.41) is 6.16. The van der Waals surface area contributed by atoms with E-state index in [1.807, 2.05) is 19.2 Å². The van der Waals surface area contributed by atoms with Gasteiger partial charge in [0.1, 0.15) is 5.82 Å². The summed E-state index contributed by atoms with van der Waals surface area (Å²) >= 11 is 6.49. The molecule has 128 valence electrons. The van der Waals surface area contributed by atoms with Crippen LogP contribution in [0.25, 0.3) is 10.8 Å². The van der Waals surface area contributed by atoms with Gasteiger partial charge in [-0.25, -0.2) is 0 Å². The number of methoxy groups -OCH3 is 1. The minimum Gasteiger partial charge on any atom is -0.467 e. The second kappa shape index (κ2) is 6.41. The van der Waals surface area contributed by atoms with Gasteiger partial charge < -0.3 is 15.0 Å². The molecule has 0 bridgehead atoms. The van der Waals surface area contributed by atoms with Gasteiger partial charge in [0.05, 0.1) is 24.4 Å². The van der Waals surface area contributed by atoms with Gasteiger partial charge in [-0.15, -0.1) is 0 Å². The van der Waals surface area contributed by atoms with Crippen LogP contribution in [0, 0.1) is 0 Å². The molecule has 3 aromatic rings. The Morgan fingerprint density at radius 3 is 2.72 bits per heavy atom. The highest BCUT2D eigenvalue weighted by Crippen LogP contribution is 2.36. The number of rotatable bonds is 3. The summed E-state index contributed by atoms with van der Waals surface area (Å²) in [4.78, 5) is 11.3. The number of ether oxygens (including phenoxy) is 1. The average molecular weight is 355 g/mol. The van der Waals surface area contributed by atoms with Crippen molar-refractivity contribution in [3.05, 3.63) is 52.7 Å². The molecule has 0 amide bonds. The van der Waals surface area contributed by atoms with Crippen molar-refractivity contribution in [2.75, 3.05) is 30.9 Å². The monoisotopic (exact) mass is 354 g/mol. The van der Waals surface area contributed by atoms with E-state index in [4.69, 9.17) is 16.3 Å². The number of fused-ring (bicyclic) bond motifs is 2. The van der Waals surface area contributed by atoms with Gasteiger partial charge in [0.25, 0.3) is 0 Å². The van der Waals surface area contributed by atoms with Crippen LogP contribution in [0.5, 0.6) is 6.01 Å². The number of anilines is 2. The number of nitrogens with zero attached hydrogens (tertiary/aromatic N) is 3. The quantitative estimate of drug-likeness (QED) is 0.773. The lowest BCUT2D eigenvalue weighted by atomic mass is 10.0. The third-order valence-corrected chi connectivity index (χ3v) is 4.95. The van der Waals surface area contributed by atoms with Gasteiger partial charge in [-0.05, 0) is 23.9 Å². The van der Waals surface area contributed by atoms with E-state index in [1.165, 1.54) is 0 Å². The van der Waals surface area contributed by atoms with E-state index < -0.39 is 0 Å². The maximum absolute atomic E-state index is 6.49. The van der Waals surface area contributed by atoms with Crippen molar-refractivity contribution in [2.45, 2.75) is 13.0 Å². The minimum atomic E-state index is 0.390. The van der Waals surface area contributed by atoms with E-state index in [9.17, 15) is 0 Å². The second-order valence-electron chi connectivity index (χ2n) is 6.02. The zero-order valence-electron chi connectivity index (χ0n) is 14.2. The summed E-state index contributed by atoms with van der Waals surface area (Å²) in [6, 6.07) is 12.7. The lowest BCUT2D eigenvalue weighted by Crippen LogP contribution is -2.32. The maximum atomic E-state index is 6.49. The molecule has 0 unspecified atom stereocenters. The van der Waals surface area contributed by atoms with E-state index >= 15 is 0 Å². The number of halogens is 1. The van der Waals surface area contributed by atoms with Gasteiger partial charge in [0.2, 0.25) is 0 Å². The van der Waals surface area contributed by atoms with Crippen molar-refractivity contribution in [2.24, 2.45) is 0 Å². The number of hydrogen-bond acceptors (Lipinski definition) is 5. The van der Waals surface area contributed by atoms with E-state index in [-0.39, 0.29) is 0 Å². The van der Waals surface area contributed by atoms with Crippen molar-refractivity contribution < 1.29 is 4.74 Å². The summed E-state index contributed by atoms with van der Waals surface area (Å²) in [7, 11) is 3.46. The van der Waals surface area contributed by atoms with E-state index in [0.29, 0.717) is 12.6 Å². The Kier molecular flexibility index (Phi) is 4.09. The first-order valence-electron chi connectivity index (χ1n) is 8.25. The summed E-state index contributed by atoms with van der Waals surface area (Å²) in [5.74, 6) is 0.845. The van der Waals surface area contributed by atoms with Crippen LogP contribution in [0.15, 0.2) is 36.4 Å². The fourth-order valence-electron chi connectivity index (χ4n) is 3.45. The lowest BCUT2D eigenvalue weighted by molar-refractivity contribution is 0.377. The van der Waals surface area contributed by atoms with Crippen molar-refractivity contribution in [3.8, 4) is 6.01 Å². The molecule has 5 nitrogen and oxygen atoms in total. The van der Waals surface area contributed by atoms with Crippen LogP contribution in [0.4, 0.5) is 11.5 Å². The Balaban J connectivity index is 1.79. The van der Waals surface area contributed by atoms with Crippen LogP contribution in [0.1, 0.15) is 11.3 Å². The first-order chi connectivity index (χ1) is 12.2. The Morgan fingerprint density at radius 1 is 1.16 bits per heavy atom. The first kappa shape index (κ1) is 16.0. The molecule has 1 aromatic heterocycles. The molecule has 1 aliphatic heterocycles. The first-order valence-corrected chi connectivity index (χ1v) is 8.62. The van der Waals surface area contributed by atoms with Crippen LogP contribution in [-0.4, -0.2) is 30.7 Å². The van der Waals surface area contributed by atoms with Crippen LogP contribution in [-0.2, 0) is 13.0 Å². The Labute approximate surface area is 151 Å². The molecule has 0 fully saturated rings. The fourth-order valence-corrected chi connectivity index (χ4v) is 3.73. The number of aromatic nitrogens is 2. The van der Waals surface area contributed by atoms with Gasteiger partial charge in [-0.2, -0.15) is 9.97 Å². The number of nitrogens with one attached hydrogen (secondary N) is 1. The second-order valence-corrected chi connectivity index (χ2v) is 6.43. The molecular weight excluding hydrogens is 336 g/mol. The van der Waals surface area contributed by atoms with E-state index in [2.05, 4.69) is 44.5 Å². The Morgan fingerprint density at radius 2 is 1.96 bits per heavy atom. The maximum Gasteiger partial charge on any atom is 0.318 e. The van der Waals surface area contributed by atoms with Gasteiger partial charge in [0.15, 0.2) is 0 Å². The Hall–Kier alpha value is -2.53. The van der Waals surface area contributed by atoms with Crippen molar-refractivity contribution in [1.29, 1.82) is 0 Å². The summed E-state index contributed by atoms with van der Waals surface area (Å²) in [5.41, 5.74) is 3.29. The van der Waals surface area contributed by atoms with Crippen LogP contribution < -0.4 is 15.0 Å². The largest absolute Gasteiger partial charge is 0.467 e. The van der Waals surface area contributed by atoms with Gasteiger partial charge in [0, 0.05) is 30.2 Å². The molecule has 0 aliphatic carbocycles. The predicted molar refractivity (Wildman–Crippen MR) is 102 cm³/mol. The third kappa shape index (κ3) is 2.74. The van der Waals surface area contributed by atoms with E-state index in [1.54, 1.807) is 7.11 Å². The number of benzene rings is 2. The predicted octanol–water partition coefficient (Wildman–Crippen LogP) is 3.90. The number of hydrogen-bond donors (Lipinski definition) is 1. The molecule has 0 saturated heterocycles. The molecule has 0 atom stereocenters. The molecular formula is C19H19ClN4O. The highest BCUT2D eigenvalue weighted by atomic mass is 35.5. The van der Waals surface area contributed by atoms with E-state index in [0.717, 1.165) is 51.5 Å². The van der Waals surface area contributed by atoms with Gasteiger partial charge >= 0.3 is 6.01 Å².